The molecule has 0 aromatic carbocycles. The average molecular weight is 470 g/mol. The first-order valence-electron chi connectivity index (χ1n) is 12.4. The van der Waals surface area contributed by atoms with Gasteiger partial charge in [-0.15, -0.1) is 11.8 Å². The molecule has 3 heterocycles. The molecule has 0 spiro atoms. The molecule has 0 bridgehead atoms. The third-order valence-electron chi connectivity index (χ3n) is 7.56. The third-order valence-corrected chi connectivity index (χ3v) is 8.75. The van der Waals surface area contributed by atoms with E-state index in [1.54, 1.807) is 11.8 Å². The maximum Gasteiger partial charge on any atom is 0.316 e. The Hall–Kier alpha value is -0.620. The summed E-state index contributed by atoms with van der Waals surface area (Å²) in [4.78, 5) is 12.5. The smallest absolute Gasteiger partial charge is 0.316 e. The van der Waals surface area contributed by atoms with Gasteiger partial charge in [0.15, 0.2) is 0 Å². The highest BCUT2D eigenvalue weighted by atomic mass is 32.2. The molecule has 0 aromatic heterocycles. The van der Waals surface area contributed by atoms with Gasteiger partial charge in [0, 0.05) is 43.6 Å². The van der Waals surface area contributed by atoms with E-state index in [1.165, 1.54) is 0 Å². The lowest BCUT2D eigenvalue weighted by atomic mass is 9.82. The van der Waals surface area contributed by atoms with E-state index in [2.05, 4.69) is 51.1 Å². The van der Waals surface area contributed by atoms with E-state index < -0.39 is 0 Å². The summed E-state index contributed by atoms with van der Waals surface area (Å²) >= 11 is 1.77. The number of hydrogen-bond acceptors (Lipinski definition) is 8. The fraction of sp³-hybridized carbons (Fsp3) is 0.955. The van der Waals surface area contributed by atoms with Crippen LogP contribution in [0.3, 0.4) is 0 Å². The molecule has 3 saturated heterocycles. The number of ether oxygens (including phenoxy) is 1. The minimum atomic E-state index is -0.0612. The van der Waals surface area contributed by atoms with Gasteiger partial charge in [0.2, 0.25) is 0 Å². The van der Waals surface area contributed by atoms with Crippen LogP contribution in [0.4, 0.5) is 4.79 Å². The largest absolute Gasteiger partial charge is 0.380 e. The number of carbonyl (C=O) groups is 1. The van der Waals surface area contributed by atoms with Gasteiger partial charge in [-0.05, 0) is 57.0 Å². The van der Waals surface area contributed by atoms with Gasteiger partial charge in [-0.1, -0.05) is 13.8 Å². The molecule has 10 heteroatoms. The van der Waals surface area contributed by atoms with Gasteiger partial charge < -0.3 is 20.7 Å². The number of methoxy groups -OCH3 is 1. The first-order chi connectivity index (χ1) is 15.5. The molecule has 4 fully saturated rings. The Morgan fingerprint density at radius 1 is 1.03 bits per heavy atom. The molecule has 9 nitrogen and oxygen atoms in total. The quantitative estimate of drug-likeness (QED) is 0.298. The van der Waals surface area contributed by atoms with Crippen molar-refractivity contribution in [2.75, 3.05) is 33.3 Å². The highest BCUT2D eigenvalue weighted by Crippen LogP contribution is 2.26. The number of amides is 2. The van der Waals surface area contributed by atoms with Gasteiger partial charge in [-0.25, -0.2) is 4.79 Å². The predicted molar refractivity (Wildman–Crippen MR) is 129 cm³/mol. The predicted octanol–water partition coefficient (Wildman–Crippen LogP) is 0.301. The van der Waals surface area contributed by atoms with Crippen molar-refractivity contribution in [3.8, 4) is 0 Å². The van der Waals surface area contributed by atoms with E-state index in [9.17, 15) is 4.79 Å². The molecule has 7 N–H and O–H groups in total. The number of thioether (sulfide) groups is 1. The summed E-state index contributed by atoms with van der Waals surface area (Å²) in [6.07, 6.45) is 5.78. The van der Waals surface area contributed by atoms with Crippen molar-refractivity contribution in [1.82, 2.24) is 37.2 Å². The molecule has 1 aliphatic carbocycles. The molecule has 0 aromatic rings. The Morgan fingerprint density at radius 3 is 2.69 bits per heavy atom. The van der Waals surface area contributed by atoms with Crippen LogP contribution in [0.2, 0.25) is 0 Å². The number of carbonyl (C=O) groups excluding carboxylic acids is 1. The maximum atomic E-state index is 12.5. The lowest BCUT2D eigenvalue weighted by Crippen LogP contribution is -2.66. The summed E-state index contributed by atoms with van der Waals surface area (Å²) in [6, 6.07) is 0.996. The standard InChI is InChI=1S/C22H43N7O2S/c1-13-4-5-16(26-21(30)29-22-25-10-14(2)32-22)9-19(13)28-20-24-7-6-18(27-20)15-8-17(31-3)12-23-11-15/h13-20,22-25,27-28H,4-12H2,1-3H3,(H2,26,29,30). The van der Waals surface area contributed by atoms with Crippen molar-refractivity contribution < 1.29 is 9.53 Å². The molecule has 1 saturated carbocycles. The minimum absolute atomic E-state index is 0.0148. The van der Waals surface area contributed by atoms with E-state index in [0.717, 1.165) is 58.3 Å². The molecule has 0 radical (unpaired) electrons. The van der Waals surface area contributed by atoms with Crippen molar-refractivity contribution in [3.05, 3.63) is 0 Å². The van der Waals surface area contributed by atoms with Crippen molar-refractivity contribution >= 4 is 17.8 Å². The van der Waals surface area contributed by atoms with Gasteiger partial charge in [0.1, 0.15) is 11.8 Å². The molecular weight excluding hydrogens is 426 g/mol. The average Bonchev–Trinajstić information content (AvgIpc) is 3.20. The Balaban J connectivity index is 1.24. The lowest BCUT2D eigenvalue weighted by molar-refractivity contribution is 0.0447. The van der Waals surface area contributed by atoms with Crippen LogP contribution in [-0.4, -0.2) is 80.6 Å². The van der Waals surface area contributed by atoms with Crippen LogP contribution in [-0.2, 0) is 4.74 Å². The van der Waals surface area contributed by atoms with Crippen molar-refractivity contribution in [3.63, 3.8) is 0 Å². The van der Waals surface area contributed by atoms with Crippen LogP contribution in [0.25, 0.3) is 0 Å². The molecular formula is C22H43N7O2S. The first kappa shape index (κ1) is 24.5. The topological polar surface area (TPSA) is 111 Å². The van der Waals surface area contributed by atoms with Crippen LogP contribution in [0, 0.1) is 11.8 Å². The Kier molecular flexibility index (Phi) is 8.94. The number of rotatable bonds is 6. The van der Waals surface area contributed by atoms with E-state index in [4.69, 9.17) is 4.74 Å². The van der Waals surface area contributed by atoms with Gasteiger partial charge in [0.25, 0.3) is 0 Å². The van der Waals surface area contributed by atoms with Gasteiger partial charge in [0.05, 0.1) is 6.10 Å². The van der Waals surface area contributed by atoms with Gasteiger partial charge in [-0.2, -0.15) is 0 Å². The van der Waals surface area contributed by atoms with Gasteiger partial charge in [-0.3, -0.25) is 21.3 Å². The fourth-order valence-corrected chi connectivity index (χ4v) is 6.60. The van der Waals surface area contributed by atoms with Crippen LogP contribution in [0.15, 0.2) is 0 Å². The summed E-state index contributed by atoms with van der Waals surface area (Å²) < 4.78 is 5.60. The van der Waals surface area contributed by atoms with Crippen LogP contribution >= 0.6 is 11.8 Å². The third kappa shape index (κ3) is 6.71. The normalized spacial score (nSPS) is 43.0. The lowest BCUT2D eigenvalue weighted by Gasteiger charge is -2.43. The SMILES string of the molecule is COC1CNCC(C2CCNC(NC3CC(NC(=O)NC4NCC(C)S4)CCC3C)N2)C1. The zero-order valence-corrected chi connectivity index (χ0v) is 20.6. The van der Waals surface area contributed by atoms with Crippen LogP contribution in [0.1, 0.15) is 46.0 Å². The minimum Gasteiger partial charge on any atom is -0.380 e. The van der Waals surface area contributed by atoms with Crippen LogP contribution < -0.4 is 37.2 Å². The summed E-state index contributed by atoms with van der Waals surface area (Å²) in [6.45, 7) is 8.46. The van der Waals surface area contributed by atoms with E-state index in [-0.39, 0.29) is 23.9 Å². The van der Waals surface area contributed by atoms with E-state index in [1.807, 2.05) is 7.11 Å². The second-order valence-corrected chi connectivity index (χ2v) is 11.6. The van der Waals surface area contributed by atoms with Crippen LogP contribution in [0.5, 0.6) is 0 Å². The number of hydrogen-bond donors (Lipinski definition) is 7. The van der Waals surface area contributed by atoms with Crippen molar-refractivity contribution in [1.29, 1.82) is 0 Å². The first-order valence-corrected chi connectivity index (χ1v) is 13.4. The van der Waals surface area contributed by atoms with E-state index >= 15 is 0 Å². The van der Waals surface area contributed by atoms with Crippen molar-refractivity contribution in [2.45, 2.75) is 87.2 Å². The summed E-state index contributed by atoms with van der Waals surface area (Å²) in [5.41, 5.74) is 0.0148. The highest BCUT2D eigenvalue weighted by molar-refractivity contribution is 8.00. The molecule has 4 aliphatic rings. The fourth-order valence-electron chi connectivity index (χ4n) is 5.57. The molecule has 9 unspecified atom stereocenters. The zero-order chi connectivity index (χ0) is 22.5. The molecule has 184 valence electrons. The molecule has 2 amide bonds. The number of nitrogens with one attached hydrogen (secondary N) is 7. The Bertz CT molecular complexity index is 615. The van der Waals surface area contributed by atoms with Crippen molar-refractivity contribution in [2.24, 2.45) is 11.8 Å². The summed E-state index contributed by atoms with van der Waals surface area (Å²) in [5, 5.41) is 24.9. The molecule has 3 aliphatic heterocycles. The zero-order valence-electron chi connectivity index (χ0n) is 19.8. The van der Waals surface area contributed by atoms with Gasteiger partial charge >= 0.3 is 6.03 Å². The summed E-state index contributed by atoms with van der Waals surface area (Å²) in [5.74, 6) is 1.17. The van der Waals surface area contributed by atoms with E-state index in [0.29, 0.717) is 35.3 Å². The second kappa shape index (κ2) is 11.7. The highest BCUT2D eigenvalue weighted by Gasteiger charge is 2.35. The summed E-state index contributed by atoms with van der Waals surface area (Å²) in [7, 11) is 1.81. The molecule has 9 atom stereocenters. The molecule has 4 rings (SSSR count). The molecule has 32 heavy (non-hydrogen) atoms. The Labute approximate surface area is 197 Å². The number of urea groups is 1. The Morgan fingerprint density at radius 2 is 1.91 bits per heavy atom. The maximum absolute atomic E-state index is 12.5. The monoisotopic (exact) mass is 469 g/mol. The number of piperidine rings is 1. The second-order valence-electron chi connectivity index (χ2n) is 10.1.